The number of nitrogens with two attached hydrogens (primary N) is 1. The van der Waals surface area contributed by atoms with Gasteiger partial charge in [-0.3, -0.25) is 0 Å². The molecule has 94 valence electrons. The predicted octanol–water partition coefficient (Wildman–Crippen LogP) is 3.30. The Hall–Kier alpha value is -2.17. The summed E-state index contributed by atoms with van der Waals surface area (Å²) in [6, 6.07) is 7.21. The molecule has 0 amide bonds. The van der Waals surface area contributed by atoms with E-state index >= 15 is 0 Å². The summed E-state index contributed by atoms with van der Waals surface area (Å²) in [5.41, 5.74) is 6.63. The lowest BCUT2D eigenvalue weighted by molar-refractivity contribution is 0.574. The first-order chi connectivity index (χ1) is 8.56. The van der Waals surface area contributed by atoms with Crippen LogP contribution >= 0.6 is 0 Å². The fourth-order valence-electron chi connectivity index (χ4n) is 1.55. The van der Waals surface area contributed by atoms with Crippen molar-refractivity contribution < 1.29 is 13.2 Å². The number of nitrogens with one attached hydrogen (secondary N) is 1. The largest absolute Gasteiger partial charge is 0.397 e. The van der Waals surface area contributed by atoms with E-state index < -0.39 is 17.5 Å². The smallest absolute Gasteiger partial charge is 0.131 e. The van der Waals surface area contributed by atoms with Crippen molar-refractivity contribution in [2.45, 2.75) is 6.54 Å². The van der Waals surface area contributed by atoms with Crippen molar-refractivity contribution >= 4 is 11.4 Å². The van der Waals surface area contributed by atoms with Crippen molar-refractivity contribution in [2.24, 2.45) is 0 Å². The van der Waals surface area contributed by atoms with Crippen molar-refractivity contribution in [3.05, 3.63) is 59.4 Å². The van der Waals surface area contributed by atoms with E-state index in [2.05, 4.69) is 5.32 Å². The first kappa shape index (κ1) is 12.3. The zero-order valence-corrected chi connectivity index (χ0v) is 9.38. The molecule has 0 unspecified atom stereocenters. The molecule has 0 aliphatic carbocycles. The van der Waals surface area contributed by atoms with Gasteiger partial charge in [0.25, 0.3) is 0 Å². The third-order valence-corrected chi connectivity index (χ3v) is 2.50. The van der Waals surface area contributed by atoms with Crippen LogP contribution in [-0.2, 0) is 6.54 Å². The third kappa shape index (κ3) is 2.74. The fourth-order valence-corrected chi connectivity index (χ4v) is 1.55. The van der Waals surface area contributed by atoms with Gasteiger partial charge < -0.3 is 11.1 Å². The highest BCUT2D eigenvalue weighted by Crippen LogP contribution is 2.20. The molecule has 2 nitrogen and oxygen atoms in total. The summed E-state index contributed by atoms with van der Waals surface area (Å²) < 4.78 is 38.9. The average molecular weight is 252 g/mol. The van der Waals surface area contributed by atoms with E-state index in [9.17, 15) is 13.2 Å². The number of hydrogen-bond donors (Lipinski definition) is 2. The minimum absolute atomic E-state index is 0.141. The van der Waals surface area contributed by atoms with Crippen LogP contribution in [0, 0.1) is 17.5 Å². The maximum Gasteiger partial charge on any atom is 0.131 e. The molecule has 2 aromatic carbocycles. The van der Waals surface area contributed by atoms with Crippen LogP contribution in [0.5, 0.6) is 0 Å². The van der Waals surface area contributed by atoms with Gasteiger partial charge in [-0.2, -0.15) is 0 Å². The van der Waals surface area contributed by atoms with Gasteiger partial charge >= 0.3 is 0 Å². The lowest BCUT2D eigenvalue weighted by Gasteiger charge is -2.10. The molecule has 3 N–H and O–H groups in total. The molecule has 0 fully saturated rings. The van der Waals surface area contributed by atoms with Crippen molar-refractivity contribution in [1.82, 2.24) is 0 Å². The van der Waals surface area contributed by atoms with Crippen LogP contribution in [0.15, 0.2) is 36.4 Å². The Morgan fingerprint density at radius 2 is 1.61 bits per heavy atom. The lowest BCUT2D eigenvalue weighted by atomic mass is 10.2. The van der Waals surface area contributed by atoms with Crippen LogP contribution in [0.3, 0.4) is 0 Å². The Balaban J connectivity index is 2.11. The topological polar surface area (TPSA) is 38.0 Å². The Morgan fingerprint density at radius 3 is 2.28 bits per heavy atom. The highest BCUT2D eigenvalue weighted by molar-refractivity contribution is 5.65. The average Bonchev–Trinajstić information content (AvgIpc) is 2.30. The van der Waals surface area contributed by atoms with Crippen LogP contribution in [0.1, 0.15) is 5.56 Å². The van der Waals surface area contributed by atoms with Gasteiger partial charge in [-0.15, -0.1) is 0 Å². The van der Waals surface area contributed by atoms with E-state index in [1.165, 1.54) is 30.3 Å². The molecule has 0 aliphatic heterocycles. The molecule has 0 saturated heterocycles. The molecule has 5 heteroatoms. The number of benzene rings is 2. The first-order valence-electron chi connectivity index (χ1n) is 5.29. The van der Waals surface area contributed by atoms with E-state index in [0.29, 0.717) is 11.3 Å². The minimum Gasteiger partial charge on any atom is -0.397 e. The SMILES string of the molecule is Nc1cc(F)ccc1NCc1ccc(F)cc1F. The van der Waals surface area contributed by atoms with Gasteiger partial charge in [-0.05, 0) is 24.3 Å². The zero-order valence-electron chi connectivity index (χ0n) is 9.38. The summed E-state index contributed by atoms with van der Waals surface area (Å²) in [6.07, 6.45) is 0. The normalized spacial score (nSPS) is 10.4. The fraction of sp³-hybridized carbons (Fsp3) is 0.0769. The molecule has 2 rings (SSSR count). The van der Waals surface area contributed by atoms with Gasteiger partial charge in [0.15, 0.2) is 0 Å². The van der Waals surface area contributed by atoms with Crippen molar-refractivity contribution in [1.29, 1.82) is 0 Å². The Bertz CT molecular complexity index is 519. The van der Waals surface area contributed by atoms with Gasteiger partial charge in [0.05, 0.1) is 11.4 Å². The van der Waals surface area contributed by atoms with E-state index in [1.54, 1.807) is 0 Å². The second kappa shape index (κ2) is 5.00. The number of rotatable bonds is 3. The highest BCUT2D eigenvalue weighted by atomic mass is 19.1. The van der Waals surface area contributed by atoms with E-state index in [0.717, 1.165) is 6.07 Å². The lowest BCUT2D eigenvalue weighted by Crippen LogP contribution is -2.04. The molecule has 18 heavy (non-hydrogen) atoms. The van der Waals surface area contributed by atoms with Gasteiger partial charge in [0, 0.05) is 18.2 Å². The predicted molar refractivity (Wildman–Crippen MR) is 64.5 cm³/mol. The van der Waals surface area contributed by atoms with Crippen molar-refractivity contribution in [2.75, 3.05) is 11.1 Å². The molecular formula is C13H11F3N2. The van der Waals surface area contributed by atoms with E-state index in [4.69, 9.17) is 5.73 Å². The van der Waals surface area contributed by atoms with Crippen LogP contribution in [0.2, 0.25) is 0 Å². The second-order valence-electron chi connectivity index (χ2n) is 3.82. The molecule has 0 spiro atoms. The van der Waals surface area contributed by atoms with Crippen LogP contribution < -0.4 is 11.1 Å². The molecule has 0 aromatic heterocycles. The Labute approximate surface area is 102 Å². The van der Waals surface area contributed by atoms with Crippen LogP contribution in [0.4, 0.5) is 24.5 Å². The monoisotopic (exact) mass is 252 g/mol. The molecule has 0 aliphatic rings. The Kier molecular flexibility index (Phi) is 3.41. The summed E-state index contributed by atoms with van der Waals surface area (Å²) >= 11 is 0. The van der Waals surface area contributed by atoms with Gasteiger partial charge in [-0.25, -0.2) is 13.2 Å². The molecule has 0 heterocycles. The maximum atomic E-state index is 13.3. The van der Waals surface area contributed by atoms with Crippen molar-refractivity contribution in [3.8, 4) is 0 Å². The van der Waals surface area contributed by atoms with E-state index in [1.807, 2.05) is 0 Å². The third-order valence-electron chi connectivity index (χ3n) is 2.50. The minimum atomic E-state index is -0.636. The first-order valence-corrected chi connectivity index (χ1v) is 5.29. The number of hydrogen-bond acceptors (Lipinski definition) is 2. The number of halogens is 3. The summed E-state index contributed by atoms with van der Waals surface area (Å²) in [5, 5.41) is 2.86. The van der Waals surface area contributed by atoms with E-state index in [-0.39, 0.29) is 12.2 Å². The van der Waals surface area contributed by atoms with Crippen LogP contribution in [-0.4, -0.2) is 0 Å². The quantitative estimate of drug-likeness (QED) is 0.822. The Morgan fingerprint density at radius 1 is 0.944 bits per heavy atom. The van der Waals surface area contributed by atoms with Gasteiger partial charge in [-0.1, -0.05) is 6.07 Å². The highest BCUT2D eigenvalue weighted by Gasteiger charge is 2.05. The molecule has 0 bridgehead atoms. The summed E-state index contributed by atoms with van der Waals surface area (Å²) in [5.74, 6) is -1.70. The van der Waals surface area contributed by atoms with Gasteiger partial charge in [0.2, 0.25) is 0 Å². The summed E-state index contributed by atoms with van der Waals surface area (Å²) in [4.78, 5) is 0. The molecule has 0 atom stereocenters. The van der Waals surface area contributed by atoms with Crippen molar-refractivity contribution in [3.63, 3.8) is 0 Å². The van der Waals surface area contributed by atoms with Crippen LogP contribution in [0.25, 0.3) is 0 Å². The number of anilines is 2. The maximum absolute atomic E-state index is 13.3. The van der Waals surface area contributed by atoms with Gasteiger partial charge in [0.1, 0.15) is 17.5 Å². The number of nitrogen functional groups attached to an aromatic ring is 1. The standard InChI is InChI=1S/C13H11F3N2/c14-9-2-1-8(11(16)5-9)7-18-13-4-3-10(15)6-12(13)17/h1-6,18H,7,17H2. The summed E-state index contributed by atoms with van der Waals surface area (Å²) in [6.45, 7) is 0.141. The molecule has 2 aromatic rings. The molecular weight excluding hydrogens is 241 g/mol. The zero-order chi connectivity index (χ0) is 13.1. The molecule has 0 saturated carbocycles. The molecule has 0 radical (unpaired) electrons. The summed E-state index contributed by atoms with van der Waals surface area (Å²) in [7, 11) is 0. The second-order valence-corrected chi connectivity index (χ2v) is 3.82.